The zero-order valence-electron chi connectivity index (χ0n) is 22.8. The molecule has 0 aromatic heterocycles. The van der Waals surface area contributed by atoms with E-state index in [1.165, 1.54) is 0 Å². The van der Waals surface area contributed by atoms with Crippen molar-refractivity contribution >= 4 is 17.9 Å². The van der Waals surface area contributed by atoms with Crippen LogP contribution in [0.3, 0.4) is 0 Å². The van der Waals surface area contributed by atoms with Gasteiger partial charge in [-0.3, -0.25) is 4.79 Å². The number of nitrogens with one attached hydrogen (secondary N) is 3. The van der Waals surface area contributed by atoms with Gasteiger partial charge in [-0.2, -0.15) is 0 Å². The van der Waals surface area contributed by atoms with Crippen molar-refractivity contribution < 1.29 is 23.9 Å². The highest BCUT2D eigenvalue weighted by Gasteiger charge is 2.30. The summed E-state index contributed by atoms with van der Waals surface area (Å²) < 4.78 is 11.4. The molecule has 2 aromatic carbocycles. The van der Waals surface area contributed by atoms with E-state index in [-0.39, 0.29) is 12.3 Å². The van der Waals surface area contributed by atoms with E-state index in [2.05, 4.69) is 16.0 Å². The molecule has 2 unspecified atom stereocenters. The molecule has 2 rings (SSSR count). The Bertz CT molecular complexity index is 1000. The first-order valence-electron chi connectivity index (χ1n) is 12.8. The Morgan fingerprint density at radius 2 is 1.51 bits per heavy atom. The van der Waals surface area contributed by atoms with Gasteiger partial charge in [0.25, 0.3) is 0 Å². The molecule has 2 aromatic rings. The van der Waals surface area contributed by atoms with Crippen LogP contribution in [-0.4, -0.2) is 42.1 Å². The Morgan fingerprint density at radius 1 is 0.865 bits per heavy atom. The van der Waals surface area contributed by atoms with Gasteiger partial charge >= 0.3 is 12.0 Å². The Balaban J connectivity index is 2.13. The minimum absolute atomic E-state index is 0.154. The Hall–Kier alpha value is -3.55. The Morgan fingerprint density at radius 3 is 2.08 bits per heavy atom. The lowest BCUT2D eigenvalue weighted by Crippen LogP contribution is -2.55. The predicted octanol–water partition coefficient (Wildman–Crippen LogP) is 4.37. The molecule has 3 amide bonds. The summed E-state index contributed by atoms with van der Waals surface area (Å²) in [4.78, 5) is 38.3. The first-order valence-corrected chi connectivity index (χ1v) is 12.8. The summed E-state index contributed by atoms with van der Waals surface area (Å²) >= 11 is 0. The number of carbonyl (C=O) groups is 3. The summed E-state index contributed by atoms with van der Waals surface area (Å²) in [5.74, 6) is -0.111. The van der Waals surface area contributed by atoms with Crippen LogP contribution in [0.4, 0.5) is 4.79 Å². The molecule has 8 nitrogen and oxygen atoms in total. The van der Waals surface area contributed by atoms with Gasteiger partial charge in [-0.1, -0.05) is 56.3 Å². The number of hydrogen-bond acceptors (Lipinski definition) is 5. The maximum absolute atomic E-state index is 13.2. The van der Waals surface area contributed by atoms with E-state index in [4.69, 9.17) is 9.47 Å². The molecule has 0 heterocycles. The predicted molar refractivity (Wildman–Crippen MR) is 144 cm³/mol. The number of amides is 3. The lowest BCUT2D eigenvalue weighted by atomic mass is 10.0. The van der Waals surface area contributed by atoms with Crippen molar-refractivity contribution in [1.29, 1.82) is 0 Å². The number of esters is 1. The van der Waals surface area contributed by atoms with Crippen molar-refractivity contribution in [2.45, 2.75) is 78.7 Å². The molecular weight excluding hydrogens is 470 g/mol. The summed E-state index contributed by atoms with van der Waals surface area (Å²) in [7, 11) is 0. The third-order valence-electron chi connectivity index (χ3n) is 5.29. The van der Waals surface area contributed by atoms with E-state index in [0.29, 0.717) is 25.3 Å². The number of hydrogen-bond donors (Lipinski definition) is 3. The lowest BCUT2D eigenvalue weighted by molar-refractivity contribution is -0.158. The first-order chi connectivity index (χ1) is 17.5. The molecule has 0 radical (unpaired) electrons. The Labute approximate surface area is 220 Å². The second-order valence-electron chi connectivity index (χ2n) is 10.4. The fourth-order valence-electron chi connectivity index (χ4n) is 3.61. The zero-order chi connectivity index (χ0) is 27.4. The molecule has 0 aliphatic rings. The molecule has 37 heavy (non-hydrogen) atoms. The second-order valence-corrected chi connectivity index (χ2v) is 10.4. The highest BCUT2D eigenvalue weighted by Crippen LogP contribution is 2.17. The average molecular weight is 512 g/mol. The van der Waals surface area contributed by atoms with Crippen molar-refractivity contribution in [3.63, 3.8) is 0 Å². The SMILES string of the molecule is CCNC(=O)NC(CC(C)C)C(=O)NC(Cc1ccc(OCc2ccccc2)cc1)C(=O)OC(C)(C)C. The summed E-state index contributed by atoms with van der Waals surface area (Å²) in [5, 5.41) is 8.17. The molecule has 8 heteroatoms. The molecular formula is C29H41N3O5. The summed E-state index contributed by atoms with van der Waals surface area (Å²) in [6, 6.07) is 15.1. The number of urea groups is 1. The monoisotopic (exact) mass is 511 g/mol. The maximum Gasteiger partial charge on any atom is 0.329 e. The number of benzene rings is 2. The van der Waals surface area contributed by atoms with Crippen LogP contribution in [0.1, 0.15) is 59.1 Å². The number of rotatable bonds is 12. The minimum atomic E-state index is -0.923. The topological polar surface area (TPSA) is 106 Å². The van der Waals surface area contributed by atoms with Crippen molar-refractivity contribution in [3.05, 3.63) is 65.7 Å². The first kappa shape index (κ1) is 29.7. The maximum atomic E-state index is 13.2. The second kappa shape index (κ2) is 14.3. The van der Waals surface area contributed by atoms with E-state index in [1.807, 2.05) is 68.4 Å². The number of ether oxygens (including phenoxy) is 2. The Kier molecular flexibility index (Phi) is 11.4. The molecule has 0 saturated carbocycles. The molecule has 3 N–H and O–H groups in total. The fourth-order valence-corrected chi connectivity index (χ4v) is 3.61. The van der Waals surface area contributed by atoms with Crippen LogP contribution < -0.4 is 20.7 Å². The van der Waals surface area contributed by atoms with Crippen LogP contribution in [0.25, 0.3) is 0 Å². The quantitative estimate of drug-likeness (QED) is 0.367. The van der Waals surface area contributed by atoms with Crippen molar-refractivity contribution in [2.24, 2.45) is 5.92 Å². The molecule has 2 atom stereocenters. The summed E-state index contributed by atoms with van der Waals surface area (Å²) in [6.45, 7) is 12.0. The largest absolute Gasteiger partial charge is 0.489 e. The summed E-state index contributed by atoms with van der Waals surface area (Å²) in [5.41, 5.74) is 1.18. The van der Waals surface area contributed by atoms with Gasteiger partial charge in [0.15, 0.2) is 0 Å². The number of carbonyl (C=O) groups excluding carboxylic acids is 3. The van der Waals surface area contributed by atoms with E-state index >= 15 is 0 Å². The van der Waals surface area contributed by atoms with Crippen LogP contribution in [0.15, 0.2) is 54.6 Å². The molecule has 0 saturated heterocycles. The van der Waals surface area contributed by atoms with E-state index < -0.39 is 35.6 Å². The van der Waals surface area contributed by atoms with Crippen LogP contribution in [0.2, 0.25) is 0 Å². The highest BCUT2D eigenvalue weighted by atomic mass is 16.6. The van der Waals surface area contributed by atoms with Crippen molar-refractivity contribution in [1.82, 2.24) is 16.0 Å². The molecule has 0 aliphatic heterocycles. The highest BCUT2D eigenvalue weighted by molar-refractivity contribution is 5.90. The van der Waals surface area contributed by atoms with Gasteiger partial charge < -0.3 is 25.4 Å². The lowest BCUT2D eigenvalue weighted by Gasteiger charge is -2.27. The summed E-state index contributed by atoms with van der Waals surface area (Å²) in [6.07, 6.45) is 0.659. The zero-order valence-corrected chi connectivity index (χ0v) is 22.8. The minimum Gasteiger partial charge on any atom is -0.489 e. The smallest absolute Gasteiger partial charge is 0.329 e. The van der Waals surface area contributed by atoms with E-state index in [0.717, 1.165) is 11.1 Å². The fraction of sp³-hybridized carbons (Fsp3) is 0.483. The molecule has 0 aliphatic carbocycles. The average Bonchev–Trinajstić information content (AvgIpc) is 2.82. The van der Waals surface area contributed by atoms with Crippen LogP contribution in [0.5, 0.6) is 5.75 Å². The molecule has 0 bridgehead atoms. The molecule has 0 spiro atoms. The standard InChI is InChI=1S/C29H41N3O5/c1-7-30-28(35)32-24(17-20(2)3)26(33)31-25(27(34)37-29(4,5)6)18-21-13-15-23(16-14-21)36-19-22-11-9-8-10-12-22/h8-16,20,24-25H,7,17-19H2,1-6H3,(H,31,33)(H2,30,32,35). The van der Waals surface area contributed by atoms with Crippen molar-refractivity contribution in [2.75, 3.05) is 6.54 Å². The van der Waals surface area contributed by atoms with Crippen LogP contribution >= 0.6 is 0 Å². The van der Waals surface area contributed by atoms with Crippen LogP contribution in [-0.2, 0) is 27.4 Å². The molecule has 202 valence electrons. The van der Waals surface area contributed by atoms with E-state index in [9.17, 15) is 14.4 Å². The van der Waals surface area contributed by atoms with Gasteiger partial charge in [-0.25, -0.2) is 9.59 Å². The van der Waals surface area contributed by atoms with Gasteiger partial charge in [0.1, 0.15) is 30.0 Å². The van der Waals surface area contributed by atoms with E-state index in [1.54, 1.807) is 27.7 Å². The van der Waals surface area contributed by atoms with Gasteiger partial charge in [0, 0.05) is 13.0 Å². The normalized spacial score (nSPS) is 12.8. The molecule has 0 fully saturated rings. The van der Waals surface area contributed by atoms with Gasteiger partial charge in [0.05, 0.1) is 0 Å². The van der Waals surface area contributed by atoms with Crippen LogP contribution in [0, 0.1) is 5.92 Å². The van der Waals surface area contributed by atoms with Gasteiger partial charge in [-0.05, 0) is 63.3 Å². The third kappa shape index (κ3) is 11.4. The van der Waals surface area contributed by atoms with Gasteiger partial charge in [0.2, 0.25) is 5.91 Å². The van der Waals surface area contributed by atoms with Gasteiger partial charge in [-0.15, -0.1) is 0 Å². The van der Waals surface area contributed by atoms with Crippen molar-refractivity contribution in [3.8, 4) is 5.75 Å². The third-order valence-corrected chi connectivity index (χ3v) is 5.29.